The summed E-state index contributed by atoms with van der Waals surface area (Å²) in [6, 6.07) is 20.8. The highest BCUT2D eigenvalue weighted by Crippen LogP contribution is 2.28. The van der Waals surface area contributed by atoms with Gasteiger partial charge in [-0.25, -0.2) is 0 Å². The van der Waals surface area contributed by atoms with Crippen molar-refractivity contribution in [2.24, 2.45) is 5.41 Å². The van der Waals surface area contributed by atoms with Crippen LogP contribution in [0.2, 0.25) is 0 Å². The van der Waals surface area contributed by atoms with Gasteiger partial charge in [-0.1, -0.05) is 74.5 Å². The largest absolute Gasteiger partial charge is 0.300 e. The van der Waals surface area contributed by atoms with Gasteiger partial charge in [0.1, 0.15) is 5.78 Å². The zero-order valence-corrected chi connectivity index (χ0v) is 13.7. The number of rotatable bonds is 8. The molecule has 2 rings (SSSR count). The van der Waals surface area contributed by atoms with Crippen molar-refractivity contribution < 1.29 is 4.79 Å². The highest BCUT2D eigenvalue weighted by Gasteiger charge is 2.21. The standard InChI is InChI=1S/C21H26O/c1-21(2,16-15-19-11-7-4-8-12-19)17-20(22)14-13-18-9-5-3-6-10-18/h3-12H,13-17H2,1-2H3. The van der Waals surface area contributed by atoms with E-state index in [0.717, 1.165) is 19.3 Å². The van der Waals surface area contributed by atoms with Gasteiger partial charge in [0, 0.05) is 12.8 Å². The summed E-state index contributed by atoms with van der Waals surface area (Å²) >= 11 is 0. The topological polar surface area (TPSA) is 17.1 Å². The van der Waals surface area contributed by atoms with Crippen molar-refractivity contribution in [2.75, 3.05) is 0 Å². The number of hydrogen-bond acceptors (Lipinski definition) is 1. The van der Waals surface area contributed by atoms with Crippen LogP contribution in [0, 0.1) is 5.41 Å². The molecule has 0 atom stereocenters. The maximum absolute atomic E-state index is 12.2. The lowest BCUT2D eigenvalue weighted by Gasteiger charge is -2.24. The molecule has 0 radical (unpaired) electrons. The number of hydrogen-bond donors (Lipinski definition) is 0. The predicted molar refractivity (Wildman–Crippen MR) is 92.9 cm³/mol. The molecule has 0 spiro atoms. The van der Waals surface area contributed by atoms with Crippen molar-refractivity contribution in [1.82, 2.24) is 0 Å². The Morgan fingerprint density at radius 2 is 1.32 bits per heavy atom. The first-order chi connectivity index (χ1) is 10.6. The molecular formula is C21H26O. The van der Waals surface area contributed by atoms with Gasteiger partial charge in [0.2, 0.25) is 0 Å². The molecule has 1 heteroatoms. The van der Waals surface area contributed by atoms with Crippen molar-refractivity contribution in [1.29, 1.82) is 0 Å². The van der Waals surface area contributed by atoms with Crippen molar-refractivity contribution in [2.45, 2.75) is 46.0 Å². The minimum Gasteiger partial charge on any atom is -0.300 e. The Morgan fingerprint density at radius 3 is 1.86 bits per heavy atom. The quantitative estimate of drug-likeness (QED) is 0.651. The number of Topliss-reactive ketones (excluding diaryl/α,β-unsaturated/α-hetero) is 1. The van der Waals surface area contributed by atoms with Crippen LogP contribution in [0.1, 0.15) is 44.2 Å². The van der Waals surface area contributed by atoms with Crippen LogP contribution in [-0.2, 0) is 17.6 Å². The van der Waals surface area contributed by atoms with Gasteiger partial charge >= 0.3 is 0 Å². The Kier molecular flexibility index (Phi) is 5.94. The first kappa shape index (κ1) is 16.5. The molecule has 0 aliphatic rings. The molecule has 2 aromatic rings. The third-order valence-electron chi connectivity index (χ3n) is 4.14. The van der Waals surface area contributed by atoms with Crippen molar-refractivity contribution in [3.63, 3.8) is 0 Å². The summed E-state index contributed by atoms with van der Waals surface area (Å²) in [4.78, 5) is 12.2. The van der Waals surface area contributed by atoms with Gasteiger partial charge in [-0.3, -0.25) is 4.79 Å². The number of carbonyl (C=O) groups is 1. The van der Waals surface area contributed by atoms with E-state index >= 15 is 0 Å². The summed E-state index contributed by atoms with van der Waals surface area (Å²) in [5, 5.41) is 0. The van der Waals surface area contributed by atoms with Crippen LogP contribution in [0.5, 0.6) is 0 Å². The molecular weight excluding hydrogens is 268 g/mol. The van der Waals surface area contributed by atoms with Gasteiger partial charge in [-0.05, 0) is 35.8 Å². The number of benzene rings is 2. The third kappa shape index (κ3) is 5.85. The molecule has 0 saturated heterocycles. The Balaban J connectivity index is 1.76. The summed E-state index contributed by atoms with van der Waals surface area (Å²) in [6.07, 6.45) is 4.27. The van der Waals surface area contributed by atoms with Crippen LogP contribution in [0.3, 0.4) is 0 Å². The third-order valence-corrected chi connectivity index (χ3v) is 4.14. The van der Waals surface area contributed by atoms with Crippen LogP contribution >= 0.6 is 0 Å². The van der Waals surface area contributed by atoms with Crippen molar-refractivity contribution in [3.8, 4) is 0 Å². The molecule has 0 heterocycles. The van der Waals surface area contributed by atoms with Gasteiger partial charge in [-0.2, -0.15) is 0 Å². The molecule has 116 valence electrons. The predicted octanol–water partition coefficient (Wildman–Crippen LogP) is 5.24. The van der Waals surface area contributed by atoms with E-state index in [1.807, 2.05) is 24.3 Å². The number of carbonyl (C=O) groups excluding carboxylic acids is 1. The molecule has 0 amide bonds. The molecule has 0 saturated carbocycles. The van der Waals surface area contributed by atoms with Crippen molar-refractivity contribution >= 4 is 5.78 Å². The fourth-order valence-corrected chi connectivity index (χ4v) is 2.77. The van der Waals surface area contributed by atoms with E-state index < -0.39 is 0 Å². The van der Waals surface area contributed by atoms with Gasteiger partial charge < -0.3 is 0 Å². The molecule has 2 aromatic carbocycles. The Bertz CT molecular complexity index is 569. The van der Waals surface area contributed by atoms with Crippen LogP contribution < -0.4 is 0 Å². The highest BCUT2D eigenvalue weighted by molar-refractivity contribution is 5.79. The van der Waals surface area contributed by atoms with Gasteiger partial charge in [0.05, 0.1) is 0 Å². The molecule has 0 N–H and O–H groups in total. The molecule has 22 heavy (non-hydrogen) atoms. The van der Waals surface area contributed by atoms with Crippen LogP contribution in [0.15, 0.2) is 60.7 Å². The van der Waals surface area contributed by atoms with E-state index in [1.54, 1.807) is 0 Å². The van der Waals surface area contributed by atoms with Gasteiger partial charge in [-0.15, -0.1) is 0 Å². The second-order valence-electron chi connectivity index (χ2n) is 6.85. The van der Waals surface area contributed by atoms with E-state index in [2.05, 4.69) is 50.2 Å². The summed E-state index contributed by atoms with van der Waals surface area (Å²) in [5.74, 6) is 0.377. The molecule has 1 nitrogen and oxygen atoms in total. The maximum atomic E-state index is 12.2. The lowest BCUT2D eigenvalue weighted by atomic mass is 9.81. The fourth-order valence-electron chi connectivity index (χ4n) is 2.77. The second-order valence-corrected chi connectivity index (χ2v) is 6.85. The average Bonchev–Trinajstić information content (AvgIpc) is 2.53. The smallest absolute Gasteiger partial charge is 0.133 e. The molecule has 0 bridgehead atoms. The monoisotopic (exact) mass is 294 g/mol. The zero-order chi connectivity index (χ0) is 15.8. The summed E-state index contributed by atoms with van der Waals surface area (Å²) in [7, 11) is 0. The maximum Gasteiger partial charge on any atom is 0.133 e. The molecule has 0 aliphatic heterocycles. The number of ketones is 1. The minimum absolute atomic E-state index is 0.0730. The molecule has 0 fully saturated rings. The highest BCUT2D eigenvalue weighted by atomic mass is 16.1. The molecule has 0 aliphatic carbocycles. The number of aryl methyl sites for hydroxylation is 2. The second kappa shape index (κ2) is 7.93. The molecule has 0 aromatic heterocycles. The normalized spacial score (nSPS) is 11.4. The fraction of sp³-hybridized carbons (Fsp3) is 0.381. The first-order valence-electron chi connectivity index (χ1n) is 8.15. The summed E-state index contributed by atoms with van der Waals surface area (Å²) in [5.41, 5.74) is 2.68. The van der Waals surface area contributed by atoms with Crippen LogP contribution in [0.25, 0.3) is 0 Å². The minimum atomic E-state index is 0.0730. The van der Waals surface area contributed by atoms with E-state index in [4.69, 9.17) is 0 Å². The van der Waals surface area contributed by atoms with Gasteiger partial charge in [0.25, 0.3) is 0 Å². The SMILES string of the molecule is CC(C)(CCc1ccccc1)CC(=O)CCc1ccccc1. The zero-order valence-electron chi connectivity index (χ0n) is 13.7. The average molecular weight is 294 g/mol. The summed E-state index contributed by atoms with van der Waals surface area (Å²) in [6.45, 7) is 4.41. The Morgan fingerprint density at radius 1 is 0.818 bits per heavy atom. The van der Waals surface area contributed by atoms with E-state index in [0.29, 0.717) is 18.6 Å². The lowest BCUT2D eigenvalue weighted by Crippen LogP contribution is -2.18. The summed E-state index contributed by atoms with van der Waals surface area (Å²) < 4.78 is 0. The molecule has 0 unspecified atom stereocenters. The van der Waals surface area contributed by atoms with Gasteiger partial charge in [0.15, 0.2) is 0 Å². The van der Waals surface area contributed by atoms with E-state index in [-0.39, 0.29) is 5.41 Å². The Labute approximate surface area is 134 Å². The van der Waals surface area contributed by atoms with E-state index in [9.17, 15) is 4.79 Å². The van der Waals surface area contributed by atoms with Crippen molar-refractivity contribution in [3.05, 3.63) is 71.8 Å². The lowest BCUT2D eigenvalue weighted by molar-refractivity contribution is -0.121. The first-order valence-corrected chi connectivity index (χ1v) is 8.15. The Hall–Kier alpha value is -1.89. The van der Waals surface area contributed by atoms with E-state index in [1.165, 1.54) is 11.1 Å². The van der Waals surface area contributed by atoms with Crippen LogP contribution in [-0.4, -0.2) is 5.78 Å². The van der Waals surface area contributed by atoms with Crippen LogP contribution in [0.4, 0.5) is 0 Å².